The van der Waals surface area contributed by atoms with Crippen LogP contribution in [0.3, 0.4) is 0 Å². The Morgan fingerprint density at radius 2 is 1.68 bits per heavy atom. The summed E-state index contributed by atoms with van der Waals surface area (Å²) in [5.41, 5.74) is 6.38. The van der Waals surface area contributed by atoms with Gasteiger partial charge in [0.15, 0.2) is 0 Å². The minimum Gasteiger partial charge on any atom is -0.494 e. The van der Waals surface area contributed by atoms with Gasteiger partial charge in [0.25, 0.3) is 0 Å². The van der Waals surface area contributed by atoms with Crippen LogP contribution in [0.2, 0.25) is 0 Å². The molecule has 1 rings (SSSR count). The van der Waals surface area contributed by atoms with E-state index in [0.29, 0.717) is 6.61 Å². The number of benzene rings is 1. The first-order valence-corrected chi connectivity index (χ1v) is 7.36. The number of ether oxygens (including phenoxy) is 2. The van der Waals surface area contributed by atoms with Gasteiger partial charge in [0.1, 0.15) is 5.75 Å². The van der Waals surface area contributed by atoms with Crippen molar-refractivity contribution >= 4 is 0 Å². The quantitative estimate of drug-likeness (QED) is 0.541. The van der Waals surface area contributed by atoms with E-state index < -0.39 is 0 Å². The third-order valence-electron chi connectivity index (χ3n) is 2.58. The maximum atomic E-state index is 5.65. The number of unbranched alkanes of at least 4 members (excludes halogenated alkanes) is 3. The smallest absolute Gasteiger partial charge is 0.119 e. The molecule has 0 aliphatic rings. The summed E-state index contributed by atoms with van der Waals surface area (Å²) in [6.07, 6.45) is 4.93. The first kappa shape index (κ1) is 17.9. The molecule has 3 heteroatoms. The molecular weight excluding hydrogens is 238 g/mol. The molecule has 1 aromatic rings. The zero-order chi connectivity index (χ0) is 14.3. The molecular formula is C16H29NO2. The second-order valence-corrected chi connectivity index (χ2v) is 4.07. The molecule has 0 aliphatic carbocycles. The van der Waals surface area contributed by atoms with Gasteiger partial charge in [0.05, 0.1) is 19.9 Å². The van der Waals surface area contributed by atoms with Gasteiger partial charge in [0, 0.05) is 0 Å². The second-order valence-electron chi connectivity index (χ2n) is 4.07. The molecule has 0 unspecified atom stereocenters. The molecule has 0 radical (unpaired) electrons. The lowest BCUT2D eigenvalue weighted by Crippen LogP contribution is -2.04. The van der Waals surface area contributed by atoms with Crippen molar-refractivity contribution in [3.63, 3.8) is 0 Å². The first-order chi connectivity index (χ1) is 9.36. The Morgan fingerprint density at radius 3 is 2.26 bits per heavy atom. The summed E-state index contributed by atoms with van der Waals surface area (Å²) in [4.78, 5) is 0. The van der Waals surface area contributed by atoms with Gasteiger partial charge in [-0.25, -0.2) is 0 Å². The van der Waals surface area contributed by atoms with Crippen LogP contribution in [0.1, 0.15) is 52.0 Å². The molecule has 0 amide bonds. The summed E-state index contributed by atoms with van der Waals surface area (Å²) >= 11 is 0. The van der Waals surface area contributed by atoms with Crippen molar-refractivity contribution in [3.8, 4) is 5.75 Å². The Balaban J connectivity index is 0.00000154. The molecule has 0 heterocycles. The second kappa shape index (κ2) is 13.4. The Labute approximate surface area is 118 Å². The van der Waals surface area contributed by atoms with Gasteiger partial charge in [-0.2, -0.15) is 0 Å². The van der Waals surface area contributed by atoms with Crippen LogP contribution in [-0.4, -0.2) is 13.3 Å². The largest absolute Gasteiger partial charge is 0.494 e. The highest BCUT2D eigenvalue weighted by Gasteiger charge is 1.96. The predicted octanol–water partition coefficient (Wildman–Crippen LogP) is 4.10. The number of hydrogen-bond donors (Lipinski definition) is 1. The summed E-state index contributed by atoms with van der Waals surface area (Å²) in [5, 5.41) is 0. The van der Waals surface area contributed by atoms with E-state index >= 15 is 0 Å². The molecule has 3 nitrogen and oxygen atoms in total. The Morgan fingerprint density at radius 1 is 1.00 bits per heavy atom. The molecule has 0 spiro atoms. The van der Waals surface area contributed by atoms with Gasteiger partial charge in [-0.15, -0.1) is 0 Å². The molecule has 0 atom stereocenters. The summed E-state index contributed by atoms with van der Waals surface area (Å²) in [6, 6.07) is 7.98. The van der Waals surface area contributed by atoms with Crippen molar-refractivity contribution in [2.24, 2.45) is 5.73 Å². The van der Waals surface area contributed by atoms with Crippen LogP contribution in [0, 0.1) is 0 Å². The highest BCUT2D eigenvalue weighted by atomic mass is 16.5. The average Bonchev–Trinajstić information content (AvgIpc) is 2.48. The molecule has 0 fully saturated rings. The van der Waals surface area contributed by atoms with Crippen molar-refractivity contribution in [1.29, 1.82) is 0 Å². The van der Waals surface area contributed by atoms with Crippen LogP contribution >= 0.6 is 0 Å². The van der Waals surface area contributed by atoms with E-state index in [1.54, 1.807) is 0 Å². The zero-order valence-corrected chi connectivity index (χ0v) is 12.7. The Kier molecular flexibility index (Phi) is 12.6. The third-order valence-corrected chi connectivity index (χ3v) is 2.58. The minimum atomic E-state index is 0.260. The van der Waals surface area contributed by atoms with Crippen LogP contribution in [0.15, 0.2) is 24.3 Å². The molecule has 2 N–H and O–H groups in total. The fourth-order valence-corrected chi connectivity index (χ4v) is 1.58. The summed E-state index contributed by atoms with van der Waals surface area (Å²) in [5.74, 6) is 0.929. The van der Waals surface area contributed by atoms with Crippen molar-refractivity contribution < 1.29 is 9.47 Å². The molecule has 0 aromatic heterocycles. The van der Waals surface area contributed by atoms with Gasteiger partial charge < -0.3 is 15.2 Å². The number of rotatable bonds is 9. The normalized spacial score (nSPS) is 9.68. The Hall–Kier alpha value is -1.06. The lowest BCUT2D eigenvalue weighted by atomic mass is 10.2. The molecule has 0 aliphatic heterocycles. The molecule has 0 saturated carbocycles. The lowest BCUT2D eigenvalue weighted by Gasteiger charge is -2.07. The van der Waals surface area contributed by atoms with Gasteiger partial charge in [-0.05, 0) is 24.1 Å². The van der Waals surface area contributed by atoms with E-state index in [2.05, 4.69) is 6.92 Å². The highest BCUT2D eigenvalue weighted by Crippen LogP contribution is 2.13. The highest BCUT2D eigenvalue weighted by molar-refractivity contribution is 5.26. The van der Waals surface area contributed by atoms with Gasteiger partial charge in [-0.1, -0.05) is 52.2 Å². The van der Waals surface area contributed by atoms with Crippen LogP contribution in [0.5, 0.6) is 5.75 Å². The van der Waals surface area contributed by atoms with E-state index in [1.165, 1.54) is 19.3 Å². The van der Waals surface area contributed by atoms with Crippen molar-refractivity contribution in [2.75, 3.05) is 13.3 Å². The van der Waals surface area contributed by atoms with E-state index in [9.17, 15) is 0 Å². The number of nitrogens with two attached hydrogens (primary N) is 1. The molecule has 0 bridgehead atoms. The molecule has 0 saturated heterocycles. The SMILES string of the molecule is CC.CCCCCCOc1ccc(COCN)cc1. The van der Waals surface area contributed by atoms with Crippen molar-refractivity contribution in [1.82, 2.24) is 0 Å². The summed E-state index contributed by atoms with van der Waals surface area (Å²) in [6.45, 7) is 7.84. The van der Waals surface area contributed by atoms with Gasteiger partial charge >= 0.3 is 0 Å². The first-order valence-electron chi connectivity index (χ1n) is 7.36. The van der Waals surface area contributed by atoms with E-state index in [0.717, 1.165) is 24.3 Å². The van der Waals surface area contributed by atoms with Crippen molar-refractivity contribution in [3.05, 3.63) is 29.8 Å². The third kappa shape index (κ3) is 9.51. The fraction of sp³-hybridized carbons (Fsp3) is 0.625. The topological polar surface area (TPSA) is 44.5 Å². The van der Waals surface area contributed by atoms with Crippen LogP contribution in [-0.2, 0) is 11.3 Å². The summed E-state index contributed by atoms with van der Waals surface area (Å²) in [7, 11) is 0. The molecule has 110 valence electrons. The zero-order valence-electron chi connectivity index (χ0n) is 12.7. The van der Waals surface area contributed by atoms with E-state index in [-0.39, 0.29) is 6.73 Å². The van der Waals surface area contributed by atoms with Crippen LogP contribution in [0.25, 0.3) is 0 Å². The fourth-order valence-electron chi connectivity index (χ4n) is 1.58. The molecule has 19 heavy (non-hydrogen) atoms. The average molecular weight is 267 g/mol. The maximum Gasteiger partial charge on any atom is 0.119 e. The van der Waals surface area contributed by atoms with Crippen LogP contribution in [0.4, 0.5) is 0 Å². The van der Waals surface area contributed by atoms with Crippen LogP contribution < -0.4 is 10.5 Å². The van der Waals surface area contributed by atoms with Gasteiger partial charge in [0.2, 0.25) is 0 Å². The molecule has 1 aromatic carbocycles. The monoisotopic (exact) mass is 267 g/mol. The van der Waals surface area contributed by atoms with E-state index in [1.807, 2.05) is 38.1 Å². The summed E-state index contributed by atoms with van der Waals surface area (Å²) < 4.78 is 10.8. The minimum absolute atomic E-state index is 0.260. The van der Waals surface area contributed by atoms with Gasteiger partial charge in [-0.3, -0.25) is 0 Å². The lowest BCUT2D eigenvalue weighted by molar-refractivity contribution is 0.127. The van der Waals surface area contributed by atoms with Crippen molar-refractivity contribution in [2.45, 2.75) is 53.1 Å². The van der Waals surface area contributed by atoms with E-state index in [4.69, 9.17) is 15.2 Å². The Bertz CT molecular complexity index is 285. The maximum absolute atomic E-state index is 5.65. The number of hydrogen-bond acceptors (Lipinski definition) is 3. The standard InChI is InChI=1S/C14H23NO2.C2H6/c1-2-3-4-5-10-17-14-8-6-13(7-9-14)11-16-12-15;1-2/h6-9H,2-5,10-12,15H2,1H3;1-2H3. The predicted molar refractivity (Wildman–Crippen MR) is 81.3 cm³/mol.